The average Bonchev–Trinajstić information content (AvgIpc) is 3.24. The lowest BCUT2D eigenvalue weighted by Crippen LogP contribution is -2.42. The second-order valence-corrected chi connectivity index (χ2v) is 9.28. The van der Waals surface area contributed by atoms with E-state index in [1.54, 1.807) is 6.20 Å². The van der Waals surface area contributed by atoms with Crippen molar-refractivity contribution < 1.29 is 4.79 Å². The number of likely N-dealkylation sites (tertiary alicyclic amines) is 1. The molecule has 4 heterocycles. The van der Waals surface area contributed by atoms with E-state index in [0.29, 0.717) is 18.4 Å². The molecule has 0 unspecified atom stereocenters. The number of carbonyl (C=O) groups excluding carboxylic acids is 1. The van der Waals surface area contributed by atoms with Crippen molar-refractivity contribution in [2.24, 2.45) is 5.92 Å². The van der Waals surface area contributed by atoms with Gasteiger partial charge in [0, 0.05) is 61.8 Å². The molecule has 1 aliphatic heterocycles. The van der Waals surface area contributed by atoms with Crippen molar-refractivity contribution in [3.05, 3.63) is 48.0 Å². The van der Waals surface area contributed by atoms with Gasteiger partial charge in [0.05, 0.1) is 0 Å². The number of aromatic nitrogens is 4. The summed E-state index contributed by atoms with van der Waals surface area (Å²) in [6, 6.07) is 6.15. The predicted molar refractivity (Wildman–Crippen MR) is 128 cm³/mol. The van der Waals surface area contributed by atoms with Crippen molar-refractivity contribution in [1.29, 1.82) is 0 Å². The van der Waals surface area contributed by atoms with Crippen LogP contribution in [0, 0.1) is 5.92 Å². The summed E-state index contributed by atoms with van der Waals surface area (Å²) < 4.78 is 1.89. The maximum Gasteiger partial charge on any atom is 0.225 e. The Kier molecular flexibility index (Phi) is 6.10. The molecule has 3 aromatic rings. The summed E-state index contributed by atoms with van der Waals surface area (Å²) in [4.78, 5) is 24.2. The maximum absolute atomic E-state index is 12.9. The van der Waals surface area contributed by atoms with Crippen molar-refractivity contribution >= 4 is 30.7 Å². The predicted octanol–water partition coefficient (Wildman–Crippen LogP) is 2.28. The number of piperidine rings is 1. The molecule has 1 N–H and O–H groups in total. The van der Waals surface area contributed by atoms with E-state index < -0.39 is 0 Å². The molecule has 5 rings (SSSR count). The summed E-state index contributed by atoms with van der Waals surface area (Å²) in [6.07, 6.45) is 13.3. The molecule has 1 saturated carbocycles. The molecular formula is C24H31BN6O. The van der Waals surface area contributed by atoms with E-state index in [1.165, 1.54) is 19.3 Å². The van der Waals surface area contributed by atoms with Crippen LogP contribution in [0.2, 0.25) is 0 Å². The Labute approximate surface area is 190 Å². The van der Waals surface area contributed by atoms with E-state index >= 15 is 0 Å². The summed E-state index contributed by atoms with van der Waals surface area (Å²) in [5.74, 6) is 1.95. The zero-order valence-corrected chi connectivity index (χ0v) is 18.8. The number of pyridine rings is 1. The number of carbonyl (C=O) groups is 1. The fourth-order valence-corrected chi connectivity index (χ4v) is 5.13. The zero-order chi connectivity index (χ0) is 21.9. The number of anilines is 1. The van der Waals surface area contributed by atoms with Crippen LogP contribution in [0.3, 0.4) is 0 Å². The van der Waals surface area contributed by atoms with Gasteiger partial charge >= 0.3 is 0 Å². The largest absolute Gasteiger partial charge is 0.366 e. The van der Waals surface area contributed by atoms with Crippen molar-refractivity contribution in [2.45, 2.75) is 57.4 Å². The van der Waals surface area contributed by atoms with Gasteiger partial charge in [-0.25, -0.2) is 4.98 Å². The van der Waals surface area contributed by atoms with Crippen LogP contribution < -0.4 is 10.8 Å². The Bertz CT molecular complexity index is 1070. The first kappa shape index (κ1) is 21.0. The first-order chi connectivity index (χ1) is 15.7. The summed E-state index contributed by atoms with van der Waals surface area (Å²) in [5, 5.41) is 8.05. The highest BCUT2D eigenvalue weighted by atomic mass is 16.2. The number of nitrogens with zero attached hydrogens (tertiary/aromatic N) is 5. The molecule has 8 heteroatoms. The molecule has 32 heavy (non-hydrogen) atoms. The molecule has 1 aliphatic carbocycles. The smallest absolute Gasteiger partial charge is 0.225 e. The zero-order valence-electron chi connectivity index (χ0n) is 18.8. The van der Waals surface area contributed by atoms with Gasteiger partial charge in [0.15, 0.2) is 5.65 Å². The number of amides is 1. The molecule has 0 atom stereocenters. The van der Waals surface area contributed by atoms with Crippen molar-refractivity contribution in [2.75, 3.05) is 18.4 Å². The van der Waals surface area contributed by atoms with E-state index in [1.807, 2.05) is 23.0 Å². The first-order valence-corrected chi connectivity index (χ1v) is 12.0. The number of hydrogen-bond donors (Lipinski definition) is 1. The normalized spacial score (nSPS) is 18.2. The highest BCUT2D eigenvalue weighted by Crippen LogP contribution is 2.31. The van der Waals surface area contributed by atoms with E-state index in [2.05, 4.69) is 40.3 Å². The second kappa shape index (κ2) is 9.31. The van der Waals surface area contributed by atoms with Crippen LogP contribution in [-0.4, -0.2) is 51.3 Å². The molecule has 3 aromatic heterocycles. The van der Waals surface area contributed by atoms with Crippen molar-refractivity contribution in [1.82, 2.24) is 24.5 Å². The van der Waals surface area contributed by atoms with Gasteiger partial charge in [0.2, 0.25) is 5.91 Å². The molecule has 0 bridgehead atoms. The monoisotopic (exact) mass is 430 g/mol. The fraction of sp³-hybridized carbons (Fsp3) is 0.500. The summed E-state index contributed by atoms with van der Waals surface area (Å²) in [6.45, 7) is 2.35. The Morgan fingerprint density at radius 1 is 1.12 bits per heavy atom. The van der Waals surface area contributed by atoms with Gasteiger partial charge in [0.25, 0.3) is 0 Å². The van der Waals surface area contributed by atoms with Gasteiger partial charge in [-0.3, -0.25) is 9.78 Å². The number of rotatable bonds is 5. The first-order valence-electron chi connectivity index (χ1n) is 12.0. The molecule has 2 fully saturated rings. The van der Waals surface area contributed by atoms with Gasteiger partial charge in [-0.15, -0.1) is 0 Å². The van der Waals surface area contributed by atoms with E-state index in [-0.39, 0.29) is 5.92 Å². The summed E-state index contributed by atoms with van der Waals surface area (Å²) >= 11 is 0. The second-order valence-electron chi connectivity index (χ2n) is 9.28. The topological polar surface area (TPSA) is 75.4 Å². The Balaban J connectivity index is 1.31. The Hall–Kier alpha value is -2.90. The number of nitrogens with one attached hydrogen (secondary N) is 1. The maximum atomic E-state index is 12.9. The molecule has 0 spiro atoms. The van der Waals surface area contributed by atoms with Crippen LogP contribution in [0.5, 0.6) is 0 Å². The lowest BCUT2D eigenvalue weighted by molar-refractivity contribution is -0.137. The quantitative estimate of drug-likeness (QED) is 0.629. The van der Waals surface area contributed by atoms with E-state index in [9.17, 15) is 4.79 Å². The molecule has 0 radical (unpaired) electrons. The lowest BCUT2D eigenvalue weighted by atomic mass is 9.86. The molecule has 0 aromatic carbocycles. The van der Waals surface area contributed by atoms with Gasteiger partial charge in [-0.1, -0.05) is 25.3 Å². The molecular weight excluding hydrogens is 399 g/mol. The number of fused-ring (bicyclic) bond motifs is 1. The van der Waals surface area contributed by atoms with E-state index in [4.69, 9.17) is 4.98 Å². The third-order valence-electron chi connectivity index (χ3n) is 7.04. The van der Waals surface area contributed by atoms with Crippen LogP contribution >= 0.6 is 0 Å². The number of hydrogen-bond acceptors (Lipinski definition) is 5. The lowest BCUT2D eigenvalue weighted by Gasteiger charge is -2.35. The minimum atomic E-state index is 0.257. The van der Waals surface area contributed by atoms with Crippen LogP contribution in [0.4, 0.5) is 5.82 Å². The van der Waals surface area contributed by atoms with Crippen LogP contribution in [-0.2, 0) is 11.3 Å². The molecule has 7 nitrogen and oxygen atoms in total. The minimum Gasteiger partial charge on any atom is -0.366 e. The molecule has 166 valence electrons. The van der Waals surface area contributed by atoms with Gasteiger partial charge in [0.1, 0.15) is 13.7 Å². The average molecular weight is 430 g/mol. The van der Waals surface area contributed by atoms with E-state index in [0.717, 1.165) is 67.0 Å². The summed E-state index contributed by atoms with van der Waals surface area (Å²) in [7, 11) is 2.05. The Morgan fingerprint density at radius 3 is 2.69 bits per heavy atom. The van der Waals surface area contributed by atoms with Gasteiger partial charge in [-0.05, 0) is 42.8 Å². The highest BCUT2D eigenvalue weighted by molar-refractivity contribution is 6.36. The SMILES string of the molecule is Bc1cnn2c(NCc3cccnc3)cc(C3CCN(C(=O)C4CCCCC4)CC3)nc12. The minimum absolute atomic E-state index is 0.257. The third kappa shape index (κ3) is 4.36. The van der Waals surface area contributed by atoms with Gasteiger partial charge < -0.3 is 10.2 Å². The molecule has 1 saturated heterocycles. The van der Waals surface area contributed by atoms with Crippen LogP contribution in [0.25, 0.3) is 5.65 Å². The standard InChI is InChI=1S/C24H31BN6O/c25-20-16-28-31-22(27-15-17-5-4-10-26-14-17)13-21(29-23(20)31)18-8-11-30(12-9-18)24(32)19-6-2-1-3-7-19/h4-5,10,13-14,16,18-19,27H,1-3,6-9,11-12,15,25H2. The third-order valence-corrected chi connectivity index (χ3v) is 7.04. The van der Waals surface area contributed by atoms with Crippen LogP contribution in [0.15, 0.2) is 36.8 Å². The van der Waals surface area contributed by atoms with Crippen molar-refractivity contribution in [3.63, 3.8) is 0 Å². The molecule has 1 amide bonds. The fourth-order valence-electron chi connectivity index (χ4n) is 5.13. The van der Waals surface area contributed by atoms with Gasteiger partial charge in [-0.2, -0.15) is 9.61 Å². The molecule has 2 aliphatic rings. The van der Waals surface area contributed by atoms with Crippen LogP contribution in [0.1, 0.15) is 62.1 Å². The Morgan fingerprint density at radius 2 is 1.94 bits per heavy atom. The van der Waals surface area contributed by atoms with Crippen molar-refractivity contribution in [3.8, 4) is 0 Å². The summed E-state index contributed by atoms with van der Waals surface area (Å²) in [5.41, 5.74) is 4.19. The highest BCUT2D eigenvalue weighted by Gasteiger charge is 2.30.